The van der Waals surface area contributed by atoms with Gasteiger partial charge in [-0.1, -0.05) is 17.7 Å². The number of aromatic nitrogens is 1. The Morgan fingerprint density at radius 3 is 2.57 bits per heavy atom. The predicted octanol–water partition coefficient (Wildman–Crippen LogP) is 5.06. The van der Waals surface area contributed by atoms with Crippen molar-refractivity contribution in [1.29, 1.82) is 0 Å². The molecule has 1 amide bonds. The summed E-state index contributed by atoms with van der Waals surface area (Å²) in [5.41, 5.74) is 3.42. The number of carbonyl (C=O) groups is 1. The van der Waals surface area contributed by atoms with Crippen LogP contribution in [0.1, 0.15) is 16.1 Å². The molecule has 0 spiro atoms. The minimum absolute atomic E-state index is 0.266. The normalized spacial score (nSPS) is 10.3. The number of ether oxygens (including phenoxy) is 2. The van der Waals surface area contributed by atoms with Crippen LogP contribution in [0.3, 0.4) is 0 Å². The van der Waals surface area contributed by atoms with Crippen molar-refractivity contribution in [3.8, 4) is 11.5 Å². The summed E-state index contributed by atoms with van der Waals surface area (Å²) >= 11 is 6.07. The zero-order valence-corrected chi connectivity index (χ0v) is 16.5. The van der Waals surface area contributed by atoms with Crippen LogP contribution in [0.2, 0.25) is 5.02 Å². The van der Waals surface area contributed by atoms with Crippen molar-refractivity contribution in [1.82, 2.24) is 4.98 Å². The Kier molecular flexibility index (Phi) is 6.01. The summed E-state index contributed by atoms with van der Waals surface area (Å²) < 4.78 is 10.5. The molecule has 0 aliphatic rings. The summed E-state index contributed by atoms with van der Waals surface area (Å²) in [5.74, 6) is 0.780. The van der Waals surface area contributed by atoms with Gasteiger partial charge >= 0.3 is 0 Å². The summed E-state index contributed by atoms with van der Waals surface area (Å²) in [6, 6.07) is 14.2. The fourth-order valence-corrected chi connectivity index (χ4v) is 2.78. The first-order valence-corrected chi connectivity index (χ1v) is 8.90. The monoisotopic (exact) mass is 397 g/mol. The van der Waals surface area contributed by atoms with E-state index < -0.39 is 0 Å². The van der Waals surface area contributed by atoms with Crippen LogP contribution >= 0.6 is 11.6 Å². The smallest absolute Gasteiger partial charge is 0.274 e. The highest BCUT2D eigenvalue weighted by atomic mass is 35.5. The van der Waals surface area contributed by atoms with E-state index in [9.17, 15) is 4.79 Å². The van der Waals surface area contributed by atoms with Crippen LogP contribution in [0, 0.1) is 6.92 Å². The van der Waals surface area contributed by atoms with Crippen molar-refractivity contribution >= 4 is 34.6 Å². The van der Waals surface area contributed by atoms with E-state index in [1.54, 1.807) is 43.6 Å². The standard InChI is InChI=1S/C21H20ClN3O3/c1-13-4-5-14(22)10-18(13)24-15-8-9-23-19(11-15)21(26)25-17-7-6-16(27-2)12-20(17)28-3/h4-12H,1-3H3,(H,23,24)(H,25,26). The van der Waals surface area contributed by atoms with Crippen molar-refractivity contribution in [2.24, 2.45) is 0 Å². The first-order chi connectivity index (χ1) is 13.5. The second kappa shape index (κ2) is 8.63. The first kappa shape index (κ1) is 19.5. The second-order valence-electron chi connectivity index (χ2n) is 6.03. The molecule has 0 fully saturated rings. The van der Waals surface area contributed by atoms with Crippen molar-refractivity contribution in [3.63, 3.8) is 0 Å². The number of aryl methyl sites for hydroxylation is 1. The molecule has 0 radical (unpaired) electrons. The van der Waals surface area contributed by atoms with Gasteiger partial charge in [0.05, 0.1) is 19.9 Å². The van der Waals surface area contributed by atoms with Crippen molar-refractivity contribution in [2.45, 2.75) is 6.92 Å². The number of nitrogens with zero attached hydrogens (tertiary/aromatic N) is 1. The Morgan fingerprint density at radius 1 is 1.00 bits per heavy atom. The molecule has 0 aliphatic carbocycles. The molecule has 0 saturated heterocycles. The van der Waals surface area contributed by atoms with Crippen LogP contribution in [0.5, 0.6) is 11.5 Å². The molecule has 0 saturated carbocycles. The summed E-state index contributed by atoms with van der Waals surface area (Å²) in [7, 11) is 3.09. The zero-order chi connectivity index (χ0) is 20.1. The highest BCUT2D eigenvalue weighted by Crippen LogP contribution is 2.29. The lowest BCUT2D eigenvalue weighted by Gasteiger charge is -2.13. The Labute approximate surface area is 168 Å². The highest BCUT2D eigenvalue weighted by molar-refractivity contribution is 6.30. The molecule has 28 heavy (non-hydrogen) atoms. The maximum absolute atomic E-state index is 12.7. The molecular formula is C21H20ClN3O3. The van der Waals surface area contributed by atoms with E-state index in [1.165, 1.54) is 7.11 Å². The summed E-state index contributed by atoms with van der Waals surface area (Å²) in [6.07, 6.45) is 1.57. The van der Waals surface area contributed by atoms with Gasteiger partial charge in [-0.3, -0.25) is 9.78 Å². The van der Waals surface area contributed by atoms with Crippen LogP contribution < -0.4 is 20.1 Å². The Bertz CT molecular complexity index is 1010. The third kappa shape index (κ3) is 4.53. The van der Waals surface area contributed by atoms with Gasteiger partial charge in [0.1, 0.15) is 17.2 Å². The van der Waals surface area contributed by atoms with Gasteiger partial charge in [0, 0.05) is 28.7 Å². The number of pyridine rings is 1. The van der Waals surface area contributed by atoms with E-state index >= 15 is 0 Å². The average Bonchev–Trinajstić information content (AvgIpc) is 2.71. The van der Waals surface area contributed by atoms with E-state index in [2.05, 4.69) is 15.6 Å². The Balaban J connectivity index is 1.80. The summed E-state index contributed by atoms with van der Waals surface area (Å²) in [4.78, 5) is 16.8. The topological polar surface area (TPSA) is 72.5 Å². The lowest BCUT2D eigenvalue weighted by Crippen LogP contribution is -2.14. The lowest BCUT2D eigenvalue weighted by molar-refractivity contribution is 0.102. The molecular weight excluding hydrogens is 378 g/mol. The average molecular weight is 398 g/mol. The molecule has 144 valence electrons. The number of amides is 1. The minimum Gasteiger partial charge on any atom is -0.497 e. The SMILES string of the molecule is COc1ccc(NC(=O)c2cc(Nc3cc(Cl)ccc3C)ccn2)c(OC)c1. The molecule has 7 heteroatoms. The number of rotatable bonds is 6. The minimum atomic E-state index is -0.352. The van der Waals surface area contributed by atoms with Crippen molar-refractivity contribution < 1.29 is 14.3 Å². The van der Waals surface area contributed by atoms with E-state index in [1.807, 2.05) is 25.1 Å². The molecule has 3 rings (SSSR count). The fourth-order valence-electron chi connectivity index (χ4n) is 2.60. The van der Waals surface area contributed by atoms with Gasteiger partial charge in [0.15, 0.2) is 0 Å². The van der Waals surface area contributed by atoms with E-state index in [-0.39, 0.29) is 11.6 Å². The molecule has 1 heterocycles. The van der Waals surface area contributed by atoms with E-state index in [0.29, 0.717) is 22.2 Å². The van der Waals surface area contributed by atoms with E-state index in [4.69, 9.17) is 21.1 Å². The van der Waals surface area contributed by atoms with Crippen molar-refractivity contribution in [3.05, 3.63) is 71.0 Å². The molecule has 3 aromatic rings. The zero-order valence-electron chi connectivity index (χ0n) is 15.7. The predicted molar refractivity (Wildman–Crippen MR) is 111 cm³/mol. The highest BCUT2D eigenvalue weighted by Gasteiger charge is 2.13. The third-order valence-electron chi connectivity index (χ3n) is 4.13. The fraction of sp³-hybridized carbons (Fsp3) is 0.143. The van der Waals surface area contributed by atoms with Crippen LogP contribution in [0.4, 0.5) is 17.1 Å². The van der Waals surface area contributed by atoms with Gasteiger partial charge in [-0.25, -0.2) is 0 Å². The largest absolute Gasteiger partial charge is 0.497 e. The molecule has 0 unspecified atom stereocenters. The molecule has 1 aromatic heterocycles. The first-order valence-electron chi connectivity index (χ1n) is 8.53. The maximum atomic E-state index is 12.7. The van der Waals surface area contributed by atoms with Crippen LogP contribution in [0.15, 0.2) is 54.7 Å². The molecule has 6 nitrogen and oxygen atoms in total. The van der Waals surface area contributed by atoms with Crippen LogP contribution in [-0.4, -0.2) is 25.1 Å². The van der Waals surface area contributed by atoms with E-state index in [0.717, 1.165) is 16.9 Å². The number of nitrogens with one attached hydrogen (secondary N) is 2. The quantitative estimate of drug-likeness (QED) is 0.608. The molecule has 0 aliphatic heterocycles. The van der Waals surface area contributed by atoms with Gasteiger partial charge in [0.2, 0.25) is 0 Å². The summed E-state index contributed by atoms with van der Waals surface area (Å²) in [5, 5.41) is 6.71. The number of carbonyl (C=O) groups excluding carboxylic acids is 1. The van der Waals surface area contributed by atoms with Crippen LogP contribution in [-0.2, 0) is 0 Å². The number of methoxy groups -OCH3 is 2. The molecule has 0 bridgehead atoms. The third-order valence-corrected chi connectivity index (χ3v) is 4.36. The number of anilines is 3. The second-order valence-corrected chi connectivity index (χ2v) is 6.47. The number of hydrogen-bond donors (Lipinski definition) is 2. The molecule has 2 N–H and O–H groups in total. The Hall–Kier alpha value is -3.25. The Morgan fingerprint density at radius 2 is 1.82 bits per heavy atom. The number of benzene rings is 2. The van der Waals surface area contributed by atoms with Gasteiger partial charge in [-0.2, -0.15) is 0 Å². The molecule has 0 atom stereocenters. The van der Waals surface area contributed by atoms with Gasteiger partial charge in [0.25, 0.3) is 5.91 Å². The lowest BCUT2D eigenvalue weighted by atomic mass is 10.2. The van der Waals surface area contributed by atoms with Crippen LogP contribution in [0.25, 0.3) is 0 Å². The number of hydrogen-bond acceptors (Lipinski definition) is 5. The van der Waals surface area contributed by atoms with Gasteiger partial charge in [-0.05, 0) is 48.9 Å². The van der Waals surface area contributed by atoms with Crippen molar-refractivity contribution in [2.75, 3.05) is 24.9 Å². The van der Waals surface area contributed by atoms with Gasteiger partial charge < -0.3 is 20.1 Å². The molecule has 2 aromatic carbocycles. The number of halogens is 1. The van der Waals surface area contributed by atoms with Gasteiger partial charge in [-0.15, -0.1) is 0 Å². The maximum Gasteiger partial charge on any atom is 0.274 e. The summed E-state index contributed by atoms with van der Waals surface area (Å²) in [6.45, 7) is 1.98.